The first kappa shape index (κ1) is 16.5. The van der Waals surface area contributed by atoms with Crippen LogP contribution >= 0.6 is 0 Å². The molecule has 0 atom stereocenters. The number of nitrogens with zero attached hydrogens (tertiary/aromatic N) is 1. The number of hydrogen-bond donors (Lipinski definition) is 2. The number of hydrazine groups is 1. The van der Waals surface area contributed by atoms with Gasteiger partial charge < -0.3 is 9.30 Å². The molecule has 1 aromatic carbocycles. The Balaban J connectivity index is 1.91. The van der Waals surface area contributed by atoms with Gasteiger partial charge in [0.2, 0.25) is 5.91 Å². The first-order chi connectivity index (χ1) is 11.0. The summed E-state index contributed by atoms with van der Waals surface area (Å²) in [7, 11) is 1.84. The van der Waals surface area contributed by atoms with Crippen LogP contribution in [0.1, 0.15) is 30.1 Å². The molecule has 0 radical (unpaired) electrons. The molecule has 0 bridgehead atoms. The maximum atomic E-state index is 12.2. The molecular formula is C16H19N3O4. The van der Waals surface area contributed by atoms with Crippen LogP contribution in [0.3, 0.4) is 0 Å². The Labute approximate surface area is 133 Å². The number of amides is 2. The zero-order chi connectivity index (χ0) is 16.8. The summed E-state index contributed by atoms with van der Waals surface area (Å²) in [5.74, 6) is -1.30. The third kappa shape index (κ3) is 4.09. The monoisotopic (exact) mass is 317 g/mol. The van der Waals surface area contributed by atoms with E-state index in [1.807, 2.05) is 35.9 Å². The third-order valence-electron chi connectivity index (χ3n) is 3.32. The van der Waals surface area contributed by atoms with Crippen LogP contribution in [0.4, 0.5) is 0 Å². The molecule has 1 aromatic heterocycles. The van der Waals surface area contributed by atoms with Crippen LogP contribution in [0.5, 0.6) is 0 Å². The molecule has 2 amide bonds. The van der Waals surface area contributed by atoms with Gasteiger partial charge >= 0.3 is 5.97 Å². The van der Waals surface area contributed by atoms with Crippen LogP contribution in [-0.2, 0) is 21.4 Å². The van der Waals surface area contributed by atoms with Crippen LogP contribution in [0.15, 0.2) is 30.5 Å². The van der Waals surface area contributed by atoms with Crippen molar-refractivity contribution in [3.05, 3.63) is 36.0 Å². The fraction of sp³-hybridized carbons (Fsp3) is 0.312. The van der Waals surface area contributed by atoms with Crippen LogP contribution in [0, 0.1) is 0 Å². The Bertz CT molecular complexity index is 736. The number of aryl methyl sites for hydroxylation is 1. The van der Waals surface area contributed by atoms with Gasteiger partial charge in [0, 0.05) is 30.6 Å². The zero-order valence-electron chi connectivity index (χ0n) is 13.1. The van der Waals surface area contributed by atoms with Crippen molar-refractivity contribution in [3.63, 3.8) is 0 Å². The van der Waals surface area contributed by atoms with Crippen LogP contribution in [-0.4, -0.2) is 29.0 Å². The lowest BCUT2D eigenvalue weighted by Gasteiger charge is -2.06. The molecule has 0 aliphatic rings. The fourth-order valence-electron chi connectivity index (χ4n) is 2.23. The zero-order valence-corrected chi connectivity index (χ0v) is 13.1. The van der Waals surface area contributed by atoms with E-state index in [1.54, 1.807) is 13.1 Å². The molecule has 0 aliphatic carbocycles. The van der Waals surface area contributed by atoms with Gasteiger partial charge in [-0.25, -0.2) is 0 Å². The summed E-state index contributed by atoms with van der Waals surface area (Å²) < 4.78 is 6.57. The Morgan fingerprint density at radius 3 is 2.61 bits per heavy atom. The summed E-state index contributed by atoms with van der Waals surface area (Å²) in [6.07, 6.45) is 1.63. The smallest absolute Gasteiger partial charge is 0.306 e. The number of carbonyl (C=O) groups excluding carboxylic acids is 3. The lowest BCUT2D eigenvalue weighted by atomic mass is 10.2. The Hall–Kier alpha value is -2.83. The minimum absolute atomic E-state index is 0.0240. The number of carbonyl (C=O) groups is 3. The van der Waals surface area contributed by atoms with Gasteiger partial charge in [0.25, 0.3) is 5.91 Å². The summed E-state index contributed by atoms with van der Waals surface area (Å²) >= 11 is 0. The highest BCUT2D eigenvalue weighted by Crippen LogP contribution is 2.19. The summed E-state index contributed by atoms with van der Waals surface area (Å²) in [6.45, 7) is 1.97. The van der Waals surface area contributed by atoms with Crippen LogP contribution in [0.25, 0.3) is 10.9 Å². The van der Waals surface area contributed by atoms with Gasteiger partial charge in [-0.15, -0.1) is 0 Å². The van der Waals surface area contributed by atoms with E-state index in [0.29, 0.717) is 5.56 Å². The van der Waals surface area contributed by atoms with Crippen molar-refractivity contribution < 1.29 is 19.1 Å². The third-order valence-corrected chi connectivity index (χ3v) is 3.32. The Morgan fingerprint density at radius 1 is 1.13 bits per heavy atom. The minimum Gasteiger partial charge on any atom is -0.466 e. The molecular weight excluding hydrogens is 298 g/mol. The quantitative estimate of drug-likeness (QED) is 0.642. The second-order valence-corrected chi connectivity index (χ2v) is 4.98. The Morgan fingerprint density at radius 2 is 1.87 bits per heavy atom. The molecule has 0 aliphatic heterocycles. The molecule has 0 spiro atoms. The topological polar surface area (TPSA) is 89.4 Å². The van der Waals surface area contributed by atoms with Gasteiger partial charge in [-0.2, -0.15) is 0 Å². The van der Waals surface area contributed by atoms with E-state index in [2.05, 4.69) is 10.9 Å². The molecule has 1 heterocycles. The lowest BCUT2D eigenvalue weighted by molar-refractivity contribution is -0.144. The molecule has 2 N–H and O–H groups in total. The SMILES string of the molecule is CCOC(=O)CCC(=O)NNC(=O)c1cn(C)c2ccccc12. The van der Waals surface area contributed by atoms with Crippen molar-refractivity contribution in [2.45, 2.75) is 19.8 Å². The van der Waals surface area contributed by atoms with E-state index in [1.165, 1.54) is 0 Å². The lowest BCUT2D eigenvalue weighted by Crippen LogP contribution is -2.41. The predicted octanol–water partition coefficient (Wildman–Crippen LogP) is 1.28. The van der Waals surface area contributed by atoms with Gasteiger partial charge in [-0.1, -0.05) is 18.2 Å². The fourth-order valence-corrected chi connectivity index (χ4v) is 2.23. The average Bonchev–Trinajstić information content (AvgIpc) is 2.88. The standard InChI is InChI=1S/C16H19N3O4/c1-3-23-15(21)9-8-14(20)17-18-16(22)12-10-19(2)13-7-5-4-6-11(12)13/h4-7,10H,3,8-9H2,1-2H3,(H,17,20)(H,18,22). The van der Waals surface area contributed by atoms with Gasteiger partial charge in [-0.3, -0.25) is 25.2 Å². The number of ether oxygens (including phenoxy) is 1. The van der Waals surface area contributed by atoms with Crippen molar-refractivity contribution in [2.75, 3.05) is 6.61 Å². The van der Waals surface area contributed by atoms with E-state index in [4.69, 9.17) is 4.74 Å². The number of aromatic nitrogens is 1. The average molecular weight is 317 g/mol. The predicted molar refractivity (Wildman–Crippen MR) is 84.4 cm³/mol. The number of nitrogens with one attached hydrogen (secondary N) is 2. The molecule has 0 unspecified atom stereocenters. The highest BCUT2D eigenvalue weighted by molar-refractivity contribution is 6.07. The molecule has 122 valence electrons. The van der Waals surface area contributed by atoms with Crippen LogP contribution in [0.2, 0.25) is 0 Å². The molecule has 7 heteroatoms. The molecule has 0 fully saturated rings. The molecule has 0 saturated carbocycles. The summed E-state index contributed by atoms with van der Waals surface area (Å²) in [5, 5.41) is 0.799. The number of esters is 1. The first-order valence-corrected chi connectivity index (χ1v) is 7.31. The second kappa shape index (κ2) is 7.44. The highest BCUT2D eigenvalue weighted by Gasteiger charge is 2.14. The maximum Gasteiger partial charge on any atom is 0.306 e. The highest BCUT2D eigenvalue weighted by atomic mass is 16.5. The van der Waals surface area contributed by atoms with Gasteiger partial charge in [0.1, 0.15) is 0 Å². The van der Waals surface area contributed by atoms with Crippen molar-refractivity contribution >= 4 is 28.7 Å². The number of rotatable bonds is 5. The van der Waals surface area contributed by atoms with E-state index in [-0.39, 0.29) is 19.4 Å². The largest absolute Gasteiger partial charge is 0.466 e. The van der Waals surface area contributed by atoms with Gasteiger partial charge in [-0.05, 0) is 13.0 Å². The van der Waals surface area contributed by atoms with E-state index < -0.39 is 17.8 Å². The molecule has 0 saturated heterocycles. The van der Waals surface area contributed by atoms with Crippen molar-refractivity contribution in [3.8, 4) is 0 Å². The number of fused-ring (bicyclic) bond motifs is 1. The molecule has 23 heavy (non-hydrogen) atoms. The molecule has 2 aromatic rings. The van der Waals surface area contributed by atoms with Gasteiger partial charge in [0.05, 0.1) is 18.6 Å². The van der Waals surface area contributed by atoms with Crippen molar-refractivity contribution in [1.82, 2.24) is 15.4 Å². The number of benzene rings is 1. The van der Waals surface area contributed by atoms with Gasteiger partial charge in [0.15, 0.2) is 0 Å². The second-order valence-electron chi connectivity index (χ2n) is 4.98. The maximum absolute atomic E-state index is 12.2. The van der Waals surface area contributed by atoms with Crippen molar-refractivity contribution in [1.29, 1.82) is 0 Å². The molecule has 7 nitrogen and oxygen atoms in total. The first-order valence-electron chi connectivity index (χ1n) is 7.31. The minimum atomic E-state index is -0.452. The number of para-hydroxylation sites is 1. The van der Waals surface area contributed by atoms with Crippen LogP contribution < -0.4 is 10.9 Å². The van der Waals surface area contributed by atoms with E-state index in [0.717, 1.165) is 10.9 Å². The Kier molecular flexibility index (Phi) is 5.35. The molecule has 2 rings (SSSR count). The number of hydrogen-bond acceptors (Lipinski definition) is 4. The van der Waals surface area contributed by atoms with Crippen molar-refractivity contribution in [2.24, 2.45) is 7.05 Å². The van der Waals surface area contributed by atoms with E-state index in [9.17, 15) is 14.4 Å². The summed E-state index contributed by atoms with van der Waals surface area (Å²) in [6, 6.07) is 7.48. The van der Waals surface area contributed by atoms with E-state index >= 15 is 0 Å². The summed E-state index contributed by atoms with van der Waals surface area (Å²) in [4.78, 5) is 35.0. The summed E-state index contributed by atoms with van der Waals surface area (Å²) in [5.41, 5.74) is 6.04. The normalized spacial score (nSPS) is 10.3.